The fourth-order valence-corrected chi connectivity index (χ4v) is 1.66. The van der Waals surface area contributed by atoms with E-state index in [1.54, 1.807) is 24.3 Å². The van der Waals surface area contributed by atoms with Crippen LogP contribution in [0.3, 0.4) is 0 Å². The Labute approximate surface area is 113 Å². The summed E-state index contributed by atoms with van der Waals surface area (Å²) in [7, 11) is 0. The highest BCUT2D eigenvalue weighted by Gasteiger charge is 2.29. The first kappa shape index (κ1) is 14.1. The monoisotopic (exact) mass is 280 g/mol. The van der Waals surface area contributed by atoms with Gasteiger partial charge in [-0.15, -0.1) is 0 Å². The second kappa shape index (κ2) is 5.77. The molecule has 0 atom stereocenters. The molecule has 0 fully saturated rings. The smallest absolute Gasteiger partial charge is 0.416 e. The average molecular weight is 280 g/mol. The van der Waals surface area contributed by atoms with Gasteiger partial charge in [0.25, 0.3) is 0 Å². The van der Waals surface area contributed by atoms with Gasteiger partial charge in [0.1, 0.15) is 18.6 Å². The molecule has 0 heterocycles. The third-order valence-corrected chi connectivity index (χ3v) is 2.67. The van der Waals surface area contributed by atoms with Crippen molar-refractivity contribution in [3.8, 4) is 5.75 Å². The number of rotatable bonds is 4. The molecule has 2 nitrogen and oxygen atoms in total. The van der Waals surface area contributed by atoms with Gasteiger partial charge in [-0.3, -0.25) is 4.79 Å². The Bertz CT molecular complexity index is 589. The zero-order valence-electron chi connectivity index (χ0n) is 10.4. The van der Waals surface area contributed by atoms with Crippen LogP contribution in [-0.2, 0) is 12.8 Å². The summed E-state index contributed by atoms with van der Waals surface area (Å²) in [5.41, 5.74) is 0.584. The molecule has 2 aromatic carbocycles. The van der Waals surface area contributed by atoms with Gasteiger partial charge in [-0.25, -0.2) is 0 Å². The van der Waals surface area contributed by atoms with Crippen molar-refractivity contribution in [2.75, 3.05) is 0 Å². The first-order chi connectivity index (χ1) is 9.49. The largest absolute Gasteiger partial charge is 0.489 e. The van der Waals surface area contributed by atoms with E-state index in [4.69, 9.17) is 4.74 Å². The first-order valence-corrected chi connectivity index (χ1v) is 5.83. The van der Waals surface area contributed by atoms with Crippen molar-refractivity contribution in [2.45, 2.75) is 12.8 Å². The Morgan fingerprint density at radius 3 is 2.35 bits per heavy atom. The number of hydrogen-bond donors (Lipinski definition) is 0. The topological polar surface area (TPSA) is 26.3 Å². The number of ether oxygens (including phenoxy) is 1. The summed E-state index contributed by atoms with van der Waals surface area (Å²) in [5, 5.41) is 0. The minimum absolute atomic E-state index is 0.188. The van der Waals surface area contributed by atoms with Crippen molar-refractivity contribution in [1.29, 1.82) is 0 Å². The van der Waals surface area contributed by atoms with Crippen molar-refractivity contribution in [3.05, 3.63) is 65.2 Å². The van der Waals surface area contributed by atoms with Crippen LogP contribution in [0, 0.1) is 0 Å². The molecule has 0 aliphatic carbocycles. The van der Waals surface area contributed by atoms with Crippen molar-refractivity contribution in [2.24, 2.45) is 0 Å². The van der Waals surface area contributed by atoms with E-state index in [9.17, 15) is 18.0 Å². The molecule has 0 saturated heterocycles. The maximum Gasteiger partial charge on any atom is 0.416 e. The van der Waals surface area contributed by atoms with E-state index in [-0.39, 0.29) is 6.61 Å². The molecule has 0 spiro atoms. The van der Waals surface area contributed by atoms with Gasteiger partial charge in [0.2, 0.25) is 0 Å². The molecule has 20 heavy (non-hydrogen) atoms. The molecule has 0 N–H and O–H groups in total. The third-order valence-electron chi connectivity index (χ3n) is 2.67. The quantitative estimate of drug-likeness (QED) is 0.788. The molecule has 0 aromatic heterocycles. The van der Waals surface area contributed by atoms with E-state index in [1.165, 1.54) is 12.1 Å². The van der Waals surface area contributed by atoms with Crippen LogP contribution in [-0.4, -0.2) is 6.29 Å². The Balaban J connectivity index is 2.02. The summed E-state index contributed by atoms with van der Waals surface area (Å²) in [6.45, 7) is 0.188. The molecule has 2 rings (SSSR count). The van der Waals surface area contributed by atoms with E-state index in [0.29, 0.717) is 11.3 Å². The second-order valence-corrected chi connectivity index (χ2v) is 4.17. The van der Waals surface area contributed by atoms with Crippen molar-refractivity contribution >= 4 is 6.29 Å². The first-order valence-electron chi connectivity index (χ1n) is 5.83. The van der Waals surface area contributed by atoms with Crippen molar-refractivity contribution in [1.82, 2.24) is 0 Å². The number of carbonyl (C=O) groups is 1. The van der Waals surface area contributed by atoms with E-state index < -0.39 is 11.7 Å². The van der Waals surface area contributed by atoms with Gasteiger partial charge in [0.05, 0.1) is 5.56 Å². The summed E-state index contributed by atoms with van der Waals surface area (Å²) < 4.78 is 42.5. The molecule has 0 aliphatic rings. The zero-order chi connectivity index (χ0) is 14.6. The lowest BCUT2D eigenvalue weighted by atomic mass is 10.1. The minimum Gasteiger partial charge on any atom is -0.489 e. The molecule has 5 heteroatoms. The van der Waals surface area contributed by atoms with Crippen LogP contribution in [0.4, 0.5) is 13.2 Å². The Hall–Kier alpha value is -2.30. The normalized spacial score (nSPS) is 11.2. The average Bonchev–Trinajstić information content (AvgIpc) is 2.45. The van der Waals surface area contributed by atoms with E-state index in [0.717, 1.165) is 24.0 Å². The molecule has 0 saturated carbocycles. The molecule has 2 aromatic rings. The van der Waals surface area contributed by atoms with E-state index in [2.05, 4.69) is 0 Å². The molecular weight excluding hydrogens is 269 g/mol. The maximum atomic E-state index is 12.4. The summed E-state index contributed by atoms with van der Waals surface area (Å²) in [4.78, 5) is 10.6. The highest BCUT2D eigenvalue weighted by Crippen LogP contribution is 2.30. The van der Waals surface area contributed by atoms with Gasteiger partial charge in [0, 0.05) is 5.56 Å². The minimum atomic E-state index is -4.35. The third kappa shape index (κ3) is 3.60. The summed E-state index contributed by atoms with van der Waals surface area (Å²) in [6.07, 6.45) is -3.63. The van der Waals surface area contributed by atoms with Crippen LogP contribution >= 0.6 is 0 Å². The molecule has 0 aliphatic heterocycles. The molecular formula is C15H11F3O2. The highest BCUT2D eigenvalue weighted by molar-refractivity contribution is 5.74. The second-order valence-electron chi connectivity index (χ2n) is 4.17. The van der Waals surface area contributed by atoms with Gasteiger partial charge in [0.15, 0.2) is 0 Å². The van der Waals surface area contributed by atoms with Gasteiger partial charge in [-0.1, -0.05) is 18.2 Å². The summed E-state index contributed by atoms with van der Waals surface area (Å²) >= 11 is 0. The maximum absolute atomic E-state index is 12.4. The molecule has 0 amide bonds. The van der Waals surface area contributed by atoms with E-state index in [1.807, 2.05) is 0 Å². The molecule has 0 radical (unpaired) electrons. The van der Waals surface area contributed by atoms with Gasteiger partial charge < -0.3 is 4.74 Å². The fourth-order valence-electron chi connectivity index (χ4n) is 1.66. The summed E-state index contributed by atoms with van der Waals surface area (Å²) in [6, 6.07) is 11.3. The predicted octanol–water partition coefficient (Wildman–Crippen LogP) is 4.10. The lowest BCUT2D eigenvalue weighted by molar-refractivity contribution is -0.137. The Morgan fingerprint density at radius 2 is 1.75 bits per heavy atom. The van der Waals surface area contributed by atoms with Crippen LogP contribution in [0.25, 0.3) is 0 Å². The van der Waals surface area contributed by atoms with Crippen molar-refractivity contribution < 1.29 is 22.7 Å². The van der Waals surface area contributed by atoms with Crippen LogP contribution in [0.5, 0.6) is 5.75 Å². The number of halogens is 3. The lowest BCUT2D eigenvalue weighted by Gasteiger charge is -2.09. The number of benzene rings is 2. The molecule has 0 unspecified atom stereocenters. The number of carbonyl (C=O) groups excluding carboxylic acids is 1. The highest BCUT2D eigenvalue weighted by atomic mass is 19.4. The van der Waals surface area contributed by atoms with Crippen LogP contribution < -0.4 is 4.74 Å². The van der Waals surface area contributed by atoms with Crippen LogP contribution in [0.2, 0.25) is 0 Å². The number of aldehydes is 1. The zero-order valence-corrected chi connectivity index (χ0v) is 10.4. The Kier molecular flexibility index (Phi) is 4.08. The lowest BCUT2D eigenvalue weighted by Crippen LogP contribution is -2.04. The van der Waals surface area contributed by atoms with E-state index >= 15 is 0 Å². The standard InChI is InChI=1S/C15H11F3O2/c16-15(17,18)13-4-6-14(7-5-13)20-10-12-3-1-2-11(8-12)9-19/h1-9H,10H2. The summed E-state index contributed by atoms with van der Waals surface area (Å²) in [5.74, 6) is 0.342. The van der Waals surface area contributed by atoms with Gasteiger partial charge >= 0.3 is 6.18 Å². The van der Waals surface area contributed by atoms with Crippen LogP contribution in [0.15, 0.2) is 48.5 Å². The van der Waals surface area contributed by atoms with Gasteiger partial charge in [-0.05, 0) is 35.9 Å². The van der Waals surface area contributed by atoms with Crippen LogP contribution in [0.1, 0.15) is 21.5 Å². The number of hydrogen-bond acceptors (Lipinski definition) is 2. The SMILES string of the molecule is O=Cc1cccc(COc2ccc(C(F)(F)F)cc2)c1. The Morgan fingerprint density at radius 1 is 1.05 bits per heavy atom. The van der Waals surface area contributed by atoms with Gasteiger partial charge in [-0.2, -0.15) is 13.2 Å². The fraction of sp³-hybridized carbons (Fsp3) is 0.133. The molecule has 0 bridgehead atoms. The predicted molar refractivity (Wildman–Crippen MR) is 67.6 cm³/mol. The number of alkyl halides is 3. The molecule has 104 valence electrons. The van der Waals surface area contributed by atoms with Crippen molar-refractivity contribution in [3.63, 3.8) is 0 Å².